The van der Waals surface area contributed by atoms with Crippen LogP contribution in [0.2, 0.25) is 0 Å². The molecule has 1 N–H and O–H groups in total. The van der Waals surface area contributed by atoms with Crippen LogP contribution in [0.25, 0.3) is 0 Å². The summed E-state index contributed by atoms with van der Waals surface area (Å²) in [7, 11) is -3.81. The molecule has 2 atom stereocenters. The van der Waals surface area contributed by atoms with Crippen molar-refractivity contribution in [3.63, 3.8) is 0 Å². The maximum Gasteiger partial charge on any atom is 0.289 e. The number of benzene rings is 1. The van der Waals surface area contributed by atoms with Gasteiger partial charge in [0.1, 0.15) is 0 Å². The molecule has 114 valence electrons. The number of piperidine rings is 1. The van der Waals surface area contributed by atoms with E-state index < -0.39 is 14.9 Å². The highest BCUT2D eigenvalue weighted by Gasteiger charge is 2.39. The number of sulfonamides is 1. The van der Waals surface area contributed by atoms with Gasteiger partial charge < -0.3 is 5.32 Å². The lowest BCUT2D eigenvalue weighted by Crippen LogP contribution is -2.43. The van der Waals surface area contributed by atoms with Crippen LogP contribution in [0.5, 0.6) is 0 Å². The minimum atomic E-state index is -3.81. The van der Waals surface area contributed by atoms with Crippen LogP contribution in [0.1, 0.15) is 6.42 Å². The summed E-state index contributed by atoms with van der Waals surface area (Å²) < 4.78 is 26.8. The number of nitrogens with one attached hydrogen (secondary N) is 1. The van der Waals surface area contributed by atoms with Gasteiger partial charge in [-0.1, -0.05) is 12.1 Å². The highest BCUT2D eigenvalue weighted by atomic mass is 32.2. The van der Waals surface area contributed by atoms with Crippen molar-refractivity contribution in [1.29, 1.82) is 0 Å². The normalized spacial score (nSPS) is 26.5. The number of hydrogen-bond acceptors (Lipinski definition) is 5. The van der Waals surface area contributed by atoms with Gasteiger partial charge in [0.2, 0.25) is 10.0 Å². The third-order valence-corrected chi connectivity index (χ3v) is 6.26. The van der Waals surface area contributed by atoms with Gasteiger partial charge in [0.25, 0.3) is 5.69 Å². The van der Waals surface area contributed by atoms with Gasteiger partial charge in [-0.15, -0.1) is 0 Å². The summed E-state index contributed by atoms with van der Waals surface area (Å²) in [5.74, 6) is 0.818. The minimum Gasteiger partial charge on any atom is -0.316 e. The number of nitro groups is 1. The van der Waals surface area contributed by atoms with Crippen LogP contribution < -0.4 is 5.32 Å². The lowest BCUT2D eigenvalue weighted by molar-refractivity contribution is -0.387. The summed E-state index contributed by atoms with van der Waals surface area (Å²) in [6, 6.07) is 5.54. The van der Waals surface area contributed by atoms with E-state index in [4.69, 9.17) is 0 Å². The Hall–Kier alpha value is -1.51. The van der Waals surface area contributed by atoms with Crippen LogP contribution in [0, 0.1) is 22.0 Å². The average molecular weight is 311 g/mol. The Morgan fingerprint density at radius 2 is 1.95 bits per heavy atom. The molecule has 2 unspecified atom stereocenters. The van der Waals surface area contributed by atoms with Crippen molar-refractivity contribution >= 4 is 15.7 Å². The molecular weight excluding hydrogens is 294 g/mol. The zero-order valence-corrected chi connectivity index (χ0v) is 12.3. The minimum absolute atomic E-state index is 0.209. The maximum atomic E-state index is 12.7. The Kier molecular flexibility index (Phi) is 3.68. The van der Waals surface area contributed by atoms with Crippen molar-refractivity contribution in [2.45, 2.75) is 11.3 Å². The van der Waals surface area contributed by atoms with Crippen LogP contribution >= 0.6 is 0 Å². The Labute approximate surface area is 123 Å². The Bertz CT molecular complexity index is 661. The van der Waals surface area contributed by atoms with E-state index in [0.29, 0.717) is 24.9 Å². The fourth-order valence-electron chi connectivity index (χ4n) is 3.19. The first-order valence-corrected chi connectivity index (χ1v) is 8.38. The molecule has 2 heterocycles. The number of para-hydroxylation sites is 1. The van der Waals surface area contributed by atoms with Gasteiger partial charge in [0, 0.05) is 19.2 Å². The molecule has 0 spiro atoms. The molecule has 2 aliphatic heterocycles. The van der Waals surface area contributed by atoms with E-state index in [2.05, 4.69) is 5.32 Å². The molecule has 2 aliphatic rings. The van der Waals surface area contributed by atoms with E-state index in [1.54, 1.807) is 0 Å². The highest BCUT2D eigenvalue weighted by molar-refractivity contribution is 7.89. The fourth-order valence-corrected chi connectivity index (χ4v) is 4.85. The van der Waals surface area contributed by atoms with E-state index >= 15 is 0 Å². The summed E-state index contributed by atoms with van der Waals surface area (Å²) in [5, 5.41) is 14.3. The van der Waals surface area contributed by atoms with Crippen molar-refractivity contribution in [3.05, 3.63) is 34.4 Å². The van der Waals surface area contributed by atoms with E-state index in [0.717, 1.165) is 19.5 Å². The first-order chi connectivity index (χ1) is 10.00. The SMILES string of the molecule is O=[N+]([O-])c1ccccc1S(=O)(=O)N1CCC2CNCC2C1. The fraction of sp³-hybridized carbons (Fsp3) is 0.538. The first kappa shape index (κ1) is 14.4. The summed E-state index contributed by atoms with van der Waals surface area (Å²) in [4.78, 5) is 10.2. The van der Waals surface area contributed by atoms with E-state index in [1.807, 2.05) is 0 Å². The standard InChI is InChI=1S/C13H17N3O4S/c17-16(18)12-3-1-2-4-13(12)21(19,20)15-6-5-10-7-14-8-11(10)9-15/h1-4,10-11,14H,5-9H2. The highest BCUT2D eigenvalue weighted by Crippen LogP contribution is 2.32. The summed E-state index contributed by atoms with van der Waals surface area (Å²) in [6.45, 7) is 2.61. The summed E-state index contributed by atoms with van der Waals surface area (Å²) in [5.41, 5.74) is -0.357. The second-order valence-electron chi connectivity index (χ2n) is 5.55. The monoisotopic (exact) mass is 311 g/mol. The van der Waals surface area contributed by atoms with Gasteiger partial charge >= 0.3 is 0 Å². The van der Waals surface area contributed by atoms with Gasteiger partial charge in [-0.3, -0.25) is 10.1 Å². The van der Waals surface area contributed by atoms with Gasteiger partial charge in [-0.25, -0.2) is 8.42 Å². The van der Waals surface area contributed by atoms with Gasteiger partial charge in [-0.2, -0.15) is 4.31 Å². The Morgan fingerprint density at radius 1 is 1.24 bits per heavy atom. The van der Waals surface area contributed by atoms with Gasteiger partial charge in [-0.05, 0) is 37.4 Å². The van der Waals surface area contributed by atoms with Crippen molar-refractivity contribution in [1.82, 2.24) is 9.62 Å². The summed E-state index contributed by atoms with van der Waals surface area (Å²) >= 11 is 0. The third-order valence-electron chi connectivity index (χ3n) is 4.35. The predicted octanol–water partition coefficient (Wildman–Crippen LogP) is 0.825. The van der Waals surface area contributed by atoms with Crippen LogP contribution in [0.3, 0.4) is 0 Å². The molecule has 0 radical (unpaired) electrons. The molecule has 0 aliphatic carbocycles. The molecule has 8 heteroatoms. The molecule has 0 aromatic heterocycles. The second kappa shape index (κ2) is 5.36. The average Bonchev–Trinajstić information content (AvgIpc) is 2.94. The molecule has 3 rings (SSSR count). The van der Waals surface area contributed by atoms with Crippen molar-refractivity contribution in [3.8, 4) is 0 Å². The number of hydrogen-bond donors (Lipinski definition) is 1. The van der Waals surface area contributed by atoms with E-state index in [1.165, 1.54) is 28.6 Å². The lowest BCUT2D eigenvalue weighted by atomic mass is 9.90. The molecule has 0 saturated carbocycles. The third kappa shape index (κ3) is 2.54. The number of rotatable bonds is 3. The largest absolute Gasteiger partial charge is 0.316 e. The molecule has 2 saturated heterocycles. The molecule has 2 fully saturated rings. The van der Waals surface area contributed by atoms with Gasteiger partial charge in [0.15, 0.2) is 4.90 Å². The first-order valence-electron chi connectivity index (χ1n) is 6.94. The molecule has 1 aromatic rings. The van der Waals surface area contributed by atoms with E-state index in [-0.39, 0.29) is 10.6 Å². The number of nitrogens with zero attached hydrogens (tertiary/aromatic N) is 2. The molecule has 0 amide bonds. The second-order valence-corrected chi connectivity index (χ2v) is 7.46. The van der Waals surface area contributed by atoms with Gasteiger partial charge in [0.05, 0.1) is 4.92 Å². The van der Waals surface area contributed by atoms with E-state index in [9.17, 15) is 18.5 Å². The van der Waals surface area contributed by atoms with Crippen LogP contribution in [-0.4, -0.2) is 43.8 Å². The number of fused-ring (bicyclic) bond motifs is 1. The van der Waals surface area contributed by atoms with Crippen LogP contribution in [0.4, 0.5) is 5.69 Å². The molecule has 21 heavy (non-hydrogen) atoms. The van der Waals surface area contributed by atoms with Crippen molar-refractivity contribution in [2.24, 2.45) is 11.8 Å². The smallest absolute Gasteiger partial charge is 0.289 e. The quantitative estimate of drug-likeness (QED) is 0.659. The van der Waals surface area contributed by atoms with Crippen LogP contribution in [0.15, 0.2) is 29.2 Å². The van der Waals surface area contributed by atoms with Crippen LogP contribution in [-0.2, 0) is 10.0 Å². The van der Waals surface area contributed by atoms with Crippen molar-refractivity contribution in [2.75, 3.05) is 26.2 Å². The molecular formula is C13H17N3O4S. The number of nitro benzene ring substituents is 1. The molecule has 0 bridgehead atoms. The Morgan fingerprint density at radius 3 is 2.71 bits per heavy atom. The summed E-state index contributed by atoms with van der Waals surface area (Å²) in [6.07, 6.45) is 0.803. The predicted molar refractivity (Wildman–Crippen MR) is 76.3 cm³/mol. The zero-order valence-electron chi connectivity index (χ0n) is 11.4. The maximum absolute atomic E-state index is 12.7. The zero-order chi connectivity index (χ0) is 15.0. The molecule has 7 nitrogen and oxygen atoms in total. The Balaban J connectivity index is 1.92. The lowest BCUT2D eigenvalue weighted by Gasteiger charge is -2.33. The molecule has 1 aromatic carbocycles. The van der Waals surface area contributed by atoms with Crippen molar-refractivity contribution < 1.29 is 13.3 Å². The topological polar surface area (TPSA) is 92.5 Å².